The van der Waals surface area contributed by atoms with E-state index in [9.17, 15) is 4.79 Å². The zero-order valence-electron chi connectivity index (χ0n) is 10.7. The second-order valence-corrected chi connectivity index (χ2v) is 5.11. The van der Waals surface area contributed by atoms with Gasteiger partial charge in [0, 0.05) is 5.56 Å². The highest BCUT2D eigenvalue weighted by Crippen LogP contribution is 2.23. The maximum Gasteiger partial charge on any atom is 0.150 e. The van der Waals surface area contributed by atoms with Gasteiger partial charge in [-0.3, -0.25) is 4.79 Å². The lowest BCUT2D eigenvalue weighted by molar-refractivity contribution is 0.112. The average Bonchev–Trinajstić information content (AvgIpc) is 2.32. The molecule has 3 heteroatoms. The van der Waals surface area contributed by atoms with Crippen molar-refractivity contribution in [1.82, 2.24) is 5.32 Å². The highest BCUT2D eigenvalue weighted by molar-refractivity contribution is 6.09. The van der Waals surface area contributed by atoms with Crippen molar-refractivity contribution in [1.29, 1.82) is 0 Å². The summed E-state index contributed by atoms with van der Waals surface area (Å²) >= 11 is 0. The van der Waals surface area contributed by atoms with Gasteiger partial charge in [0.2, 0.25) is 0 Å². The highest BCUT2D eigenvalue weighted by atomic mass is 16.1. The molecule has 1 N–H and O–H groups in total. The Balaban J connectivity index is 2.18. The van der Waals surface area contributed by atoms with Crippen LogP contribution in [0.25, 0.3) is 0 Å². The zero-order chi connectivity index (χ0) is 12.3. The first kappa shape index (κ1) is 12.4. The van der Waals surface area contributed by atoms with E-state index in [-0.39, 0.29) is 0 Å². The third-order valence-electron chi connectivity index (χ3n) is 3.85. The van der Waals surface area contributed by atoms with Crippen LogP contribution in [0.1, 0.15) is 34.3 Å². The molecule has 1 atom stereocenters. The number of aldehydes is 1. The van der Waals surface area contributed by atoms with Crippen molar-refractivity contribution in [3.8, 4) is 0 Å². The number of hydrogen-bond acceptors (Lipinski definition) is 2. The van der Waals surface area contributed by atoms with Gasteiger partial charge < -0.3 is 5.32 Å². The molecule has 0 aromatic heterocycles. The molecule has 1 aromatic carbocycles. The highest BCUT2D eigenvalue weighted by Gasteiger charge is 2.18. The van der Waals surface area contributed by atoms with Crippen LogP contribution in [-0.2, 0) is 6.42 Å². The molecule has 1 aromatic rings. The number of hydrogen-bond donors (Lipinski definition) is 1. The van der Waals surface area contributed by atoms with Crippen LogP contribution in [0.3, 0.4) is 0 Å². The lowest BCUT2D eigenvalue weighted by Crippen LogP contribution is -2.43. The molecular formula is C14H20BNO. The lowest BCUT2D eigenvalue weighted by Gasteiger charge is -2.27. The summed E-state index contributed by atoms with van der Waals surface area (Å²) in [5.74, 6) is 1.25. The molecule has 1 aliphatic rings. The number of rotatable bonds is 5. The summed E-state index contributed by atoms with van der Waals surface area (Å²) in [6, 6.07) is 6.40. The van der Waals surface area contributed by atoms with Gasteiger partial charge in [-0.25, -0.2) is 0 Å². The normalized spacial score (nSPS) is 17.5. The van der Waals surface area contributed by atoms with Crippen molar-refractivity contribution in [2.45, 2.75) is 25.6 Å². The number of nitrogens with one attached hydrogen (secondary N) is 1. The summed E-state index contributed by atoms with van der Waals surface area (Å²) in [5.41, 5.74) is 3.37. The summed E-state index contributed by atoms with van der Waals surface area (Å²) in [4.78, 5) is 11.2. The molecule has 1 aliphatic heterocycles. The minimum absolute atomic E-state index is 0.535. The van der Waals surface area contributed by atoms with E-state index in [1.807, 2.05) is 0 Å². The average molecular weight is 229 g/mol. The maximum atomic E-state index is 11.2. The van der Waals surface area contributed by atoms with Gasteiger partial charge >= 0.3 is 0 Å². The van der Waals surface area contributed by atoms with Gasteiger partial charge in [0.1, 0.15) is 14.1 Å². The van der Waals surface area contributed by atoms with Crippen molar-refractivity contribution >= 4 is 14.1 Å². The van der Waals surface area contributed by atoms with E-state index in [0.717, 1.165) is 37.7 Å². The molecule has 17 heavy (non-hydrogen) atoms. The summed E-state index contributed by atoms with van der Waals surface area (Å²) in [6.45, 7) is 4.39. The van der Waals surface area contributed by atoms with Gasteiger partial charge in [0.05, 0.1) is 0 Å². The van der Waals surface area contributed by atoms with Gasteiger partial charge in [0.15, 0.2) is 0 Å². The summed E-state index contributed by atoms with van der Waals surface area (Å²) in [5, 5.41) is 3.27. The van der Waals surface area contributed by atoms with Gasteiger partial charge in [-0.2, -0.15) is 0 Å². The first-order chi connectivity index (χ1) is 8.24. The fourth-order valence-electron chi connectivity index (χ4n) is 2.26. The predicted molar refractivity (Wildman–Crippen MR) is 73.7 cm³/mol. The van der Waals surface area contributed by atoms with Crippen LogP contribution in [0, 0.1) is 5.92 Å². The van der Waals surface area contributed by atoms with Crippen LogP contribution in [0.15, 0.2) is 18.2 Å². The molecule has 0 saturated carbocycles. The number of carbonyl (C=O) groups excluding carboxylic acids is 1. The third-order valence-corrected chi connectivity index (χ3v) is 3.85. The van der Waals surface area contributed by atoms with E-state index in [2.05, 4.69) is 38.3 Å². The van der Waals surface area contributed by atoms with Crippen molar-refractivity contribution in [2.75, 3.05) is 13.1 Å². The van der Waals surface area contributed by atoms with E-state index in [0.29, 0.717) is 11.8 Å². The topological polar surface area (TPSA) is 29.1 Å². The molecule has 1 fully saturated rings. The molecule has 0 aliphatic carbocycles. The molecule has 2 nitrogen and oxygen atoms in total. The minimum Gasteiger partial charge on any atom is -0.316 e. The molecular weight excluding hydrogens is 209 g/mol. The Morgan fingerprint density at radius 3 is 2.82 bits per heavy atom. The molecule has 1 saturated heterocycles. The molecule has 1 heterocycles. The largest absolute Gasteiger partial charge is 0.316 e. The summed E-state index contributed by atoms with van der Waals surface area (Å²) in [6.07, 6.45) is 3.15. The van der Waals surface area contributed by atoms with Crippen LogP contribution >= 0.6 is 0 Å². The van der Waals surface area contributed by atoms with Gasteiger partial charge in [-0.15, -0.1) is 0 Å². The van der Waals surface area contributed by atoms with Crippen LogP contribution < -0.4 is 5.32 Å². The minimum atomic E-state index is 0.535. The van der Waals surface area contributed by atoms with E-state index in [1.165, 1.54) is 11.1 Å². The Kier molecular flexibility index (Phi) is 4.00. The smallest absolute Gasteiger partial charge is 0.150 e. The predicted octanol–water partition coefficient (Wildman–Crippen LogP) is 1.42. The van der Waals surface area contributed by atoms with Crippen LogP contribution in [-0.4, -0.2) is 27.2 Å². The summed E-state index contributed by atoms with van der Waals surface area (Å²) in [7, 11) is 2.18. The molecule has 0 bridgehead atoms. The molecule has 0 radical (unpaired) electrons. The Hall–Kier alpha value is -1.09. The molecule has 2 rings (SSSR count). The number of carbonyl (C=O) groups is 1. The van der Waals surface area contributed by atoms with Gasteiger partial charge in [0.25, 0.3) is 0 Å². The van der Waals surface area contributed by atoms with Crippen LogP contribution in [0.5, 0.6) is 0 Å². The van der Waals surface area contributed by atoms with Crippen LogP contribution in [0.4, 0.5) is 0 Å². The van der Waals surface area contributed by atoms with Crippen molar-refractivity contribution in [3.05, 3.63) is 34.9 Å². The van der Waals surface area contributed by atoms with E-state index in [4.69, 9.17) is 0 Å². The zero-order valence-corrected chi connectivity index (χ0v) is 10.7. The Morgan fingerprint density at radius 2 is 2.29 bits per heavy atom. The van der Waals surface area contributed by atoms with E-state index < -0.39 is 0 Å². The van der Waals surface area contributed by atoms with Gasteiger partial charge in [-0.05, 0) is 48.5 Å². The summed E-state index contributed by atoms with van der Waals surface area (Å²) < 4.78 is 0. The second-order valence-electron chi connectivity index (χ2n) is 5.11. The van der Waals surface area contributed by atoms with Gasteiger partial charge in [-0.1, -0.05) is 25.4 Å². The second kappa shape index (κ2) is 5.50. The molecule has 0 spiro atoms. The lowest BCUT2D eigenvalue weighted by atomic mass is 9.84. The van der Waals surface area contributed by atoms with E-state index >= 15 is 0 Å². The Labute approximate surface area is 104 Å². The number of benzene rings is 1. The Morgan fingerprint density at radius 1 is 1.53 bits per heavy atom. The quantitative estimate of drug-likeness (QED) is 0.611. The molecule has 0 amide bonds. The maximum absolute atomic E-state index is 11.2. The van der Waals surface area contributed by atoms with E-state index in [1.54, 1.807) is 0 Å². The monoisotopic (exact) mass is 229 g/mol. The molecule has 0 unspecified atom stereocenters. The van der Waals surface area contributed by atoms with Crippen LogP contribution in [0.2, 0.25) is 6.32 Å². The fourth-order valence-corrected chi connectivity index (χ4v) is 2.26. The SMILES string of the molecule is BC[C@H](C)c1ccc(CC2CNC2)c(C=O)c1. The van der Waals surface area contributed by atoms with Crippen molar-refractivity contribution in [3.63, 3.8) is 0 Å². The first-order valence-corrected chi connectivity index (χ1v) is 6.53. The van der Waals surface area contributed by atoms with Crippen molar-refractivity contribution < 1.29 is 4.79 Å². The standard InChI is InChI=1S/C14H20BNO/c1-10(6-15)12-2-3-13(14(5-12)9-17)4-11-7-16-8-11/h2-3,5,9-11,16H,4,6-8,15H2,1H3/t10-/m0/s1. The fraction of sp³-hybridized carbons (Fsp3) is 0.500. The third kappa shape index (κ3) is 2.78. The first-order valence-electron chi connectivity index (χ1n) is 6.53. The van der Waals surface area contributed by atoms with Crippen molar-refractivity contribution in [2.24, 2.45) is 5.92 Å². The Bertz CT molecular complexity index is 401. The molecule has 90 valence electrons.